The Morgan fingerprint density at radius 3 is 2.88 bits per heavy atom. The molecule has 0 radical (unpaired) electrons. The first-order chi connectivity index (χ1) is 7.56. The summed E-state index contributed by atoms with van der Waals surface area (Å²) in [6, 6.07) is 2.22. The first-order valence-corrected chi connectivity index (χ1v) is 6.39. The van der Waals surface area contributed by atoms with Crippen LogP contribution < -0.4 is 0 Å². The summed E-state index contributed by atoms with van der Waals surface area (Å²) in [5.74, 6) is -0.819. The topological polar surface area (TPSA) is 40.5 Å². The quantitative estimate of drug-likeness (QED) is 0.879. The number of carbonyl (C=O) groups is 1. The van der Waals surface area contributed by atoms with Gasteiger partial charge in [0, 0.05) is 22.8 Å². The van der Waals surface area contributed by atoms with Crippen molar-refractivity contribution >= 4 is 17.3 Å². The Kier molecular flexibility index (Phi) is 3.30. The van der Waals surface area contributed by atoms with E-state index in [4.69, 9.17) is 5.11 Å². The highest BCUT2D eigenvalue weighted by Crippen LogP contribution is 2.25. The van der Waals surface area contributed by atoms with Crippen LogP contribution in [0.3, 0.4) is 0 Å². The zero-order chi connectivity index (χ0) is 11.7. The van der Waals surface area contributed by atoms with Crippen LogP contribution in [0.4, 0.5) is 0 Å². The van der Waals surface area contributed by atoms with Gasteiger partial charge in [-0.3, -0.25) is 9.69 Å². The molecule has 0 amide bonds. The highest BCUT2D eigenvalue weighted by molar-refractivity contribution is 7.12. The molecule has 1 aromatic heterocycles. The Bertz CT molecular complexity index is 400. The van der Waals surface area contributed by atoms with Gasteiger partial charge >= 0.3 is 5.97 Å². The second-order valence-electron chi connectivity index (χ2n) is 4.50. The van der Waals surface area contributed by atoms with Gasteiger partial charge in [-0.05, 0) is 38.4 Å². The summed E-state index contributed by atoms with van der Waals surface area (Å²) < 4.78 is 0. The molecule has 16 heavy (non-hydrogen) atoms. The molecule has 2 heterocycles. The Morgan fingerprint density at radius 1 is 1.62 bits per heavy atom. The van der Waals surface area contributed by atoms with Crippen LogP contribution >= 0.6 is 11.3 Å². The molecule has 1 aromatic rings. The molecule has 88 valence electrons. The molecule has 1 aliphatic heterocycles. The van der Waals surface area contributed by atoms with Crippen LogP contribution in [0.5, 0.6) is 0 Å². The van der Waals surface area contributed by atoms with Crippen LogP contribution in [0.1, 0.15) is 21.7 Å². The van der Waals surface area contributed by atoms with Gasteiger partial charge in [0.05, 0.1) is 5.92 Å². The molecule has 1 atom stereocenters. The molecule has 1 saturated heterocycles. The third kappa shape index (κ3) is 2.44. The van der Waals surface area contributed by atoms with Crippen LogP contribution in [0, 0.1) is 19.8 Å². The van der Waals surface area contributed by atoms with E-state index in [1.807, 2.05) is 11.3 Å². The molecule has 1 aliphatic rings. The average molecular weight is 239 g/mol. The number of hydrogen-bond donors (Lipinski definition) is 1. The highest BCUT2D eigenvalue weighted by atomic mass is 32.1. The Labute approximate surface area is 99.7 Å². The molecular weight excluding hydrogens is 222 g/mol. The van der Waals surface area contributed by atoms with E-state index in [1.165, 1.54) is 15.3 Å². The number of thiophene rings is 1. The van der Waals surface area contributed by atoms with Crippen molar-refractivity contribution in [3.63, 3.8) is 0 Å². The Morgan fingerprint density at radius 2 is 2.38 bits per heavy atom. The second kappa shape index (κ2) is 4.55. The van der Waals surface area contributed by atoms with Crippen LogP contribution in [0.15, 0.2) is 6.07 Å². The molecule has 4 heteroatoms. The zero-order valence-corrected chi connectivity index (χ0v) is 10.5. The lowest BCUT2D eigenvalue weighted by Crippen LogP contribution is -2.22. The lowest BCUT2D eigenvalue weighted by molar-refractivity contribution is -0.141. The number of carboxylic acids is 1. The largest absolute Gasteiger partial charge is 0.481 e. The standard InChI is InChI=1S/C12H17NO2S/c1-8-5-11(9(2)16-8)7-13-4-3-10(6-13)12(14)15/h5,10H,3-4,6-7H2,1-2H3,(H,14,15). The number of rotatable bonds is 3. The first-order valence-electron chi connectivity index (χ1n) is 5.57. The average Bonchev–Trinajstić information content (AvgIpc) is 2.75. The molecule has 0 bridgehead atoms. The third-order valence-corrected chi connectivity index (χ3v) is 4.17. The molecule has 0 saturated carbocycles. The van der Waals surface area contributed by atoms with E-state index in [0.29, 0.717) is 6.54 Å². The predicted octanol–water partition coefficient (Wildman–Crippen LogP) is 2.27. The normalized spacial score (nSPS) is 21.5. The van der Waals surface area contributed by atoms with Gasteiger partial charge in [0.15, 0.2) is 0 Å². The summed E-state index contributed by atoms with van der Waals surface area (Å²) in [6.45, 7) is 6.76. The van der Waals surface area contributed by atoms with E-state index < -0.39 is 5.97 Å². The molecule has 3 nitrogen and oxygen atoms in total. The van der Waals surface area contributed by atoms with Crippen molar-refractivity contribution in [1.29, 1.82) is 0 Å². The summed E-state index contributed by atoms with van der Waals surface area (Å²) in [4.78, 5) is 15.8. The maximum atomic E-state index is 10.8. The third-order valence-electron chi connectivity index (χ3n) is 3.16. The van der Waals surface area contributed by atoms with Crippen LogP contribution in [-0.4, -0.2) is 29.1 Å². The molecule has 0 spiro atoms. The Balaban J connectivity index is 1.97. The number of hydrogen-bond acceptors (Lipinski definition) is 3. The van der Waals surface area contributed by atoms with E-state index in [0.717, 1.165) is 19.5 Å². The SMILES string of the molecule is Cc1cc(CN2CCC(C(=O)O)C2)c(C)s1. The van der Waals surface area contributed by atoms with E-state index in [1.54, 1.807) is 0 Å². The fourth-order valence-electron chi connectivity index (χ4n) is 2.26. The maximum absolute atomic E-state index is 10.8. The summed E-state index contributed by atoms with van der Waals surface area (Å²) in [7, 11) is 0. The van der Waals surface area contributed by atoms with Gasteiger partial charge < -0.3 is 5.11 Å². The molecule has 0 aromatic carbocycles. The second-order valence-corrected chi connectivity index (χ2v) is 5.96. The fraction of sp³-hybridized carbons (Fsp3) is 0.583. The molecule has 1 unspecified atom stereocenters. The number of aryl methyl sites for hydroxylation is 2. The number of nitrogens with zero attached hydrogens (tertiary/aromatic N) is 1. The van der Waals surface area contributed by atoms with Crippen molar-refractivity contribution in [1.82, 2.24) is 4.90 Å². The van der Waals surface area contributed by atoms with Crippen LogP contribution in [0.2, 0.25) is 0 Å². The molecule has 1 N–H and O–H groups in total. The minimum atomic E-state index is -0.652. The lowest BCUT2D eigenvalue weighted by atomic mass is 10.1. The zero-order valence-electron chi connectivity index (χ0n) is 9.69. The van der Waals surface area contributed by atoms with E-state index in [-0.39, 0.29) is 5.92 Å². The van der Waals surface area contributed by atoms with Gasteiger partial charge in [-0.1, -0.05) is 0 Å². The fourth-order valence-corrected chi connectivity index (χ4v) is 3.20. The van der Waals surface area contributed by atoms with Crippen molar-refractivity contribution in [2.24, 2.45) is 5.92 Å². The molecule has 2 rings (SSSR count). The summed E-state index contributed by atoms with van der Waals surface area (Å²) in [5, 5.41) is 8.93. The van der Waals surface area contributed by atoms with Gasteiger partial charge in [0.2, 0.25) is 0 Å². The first kappa shape index (κ1) is 11.6. The van der Waals surface area contributed by atoms with Crippen molar-refractivity contribution in [2.45, 2.75) is 26.8 Å². The van der Waals surface area contributed by atoms with Crippen molar-refractivity contribution in [3.05, 3.63) is 21.4 Å². The van der Waals surface area contributed by atoms with Gasteiger partial charge in [0.1, 0.15) is 0 Å². The van der Waals surface area contributed by atoms with Gasteiger partial charge in [-0.15, -0.1) is 11.3 Å². The number of aliphatic carboxylic acids is 1. The molecule has 0 aliphatic carbocycles. The maximum Gasteiger partial charge on any atom is 0.307 e. The lowest BCUT2D eigenvalue weighted by Gasteiger charge is -2.14. The molecular formula is C12H17NO2S. The Hall–Kier alpha value is -0.870. The smallest absolute Gasteiger partial charge is 0.307 e. The van der Waals surface area contributed by atoms with E-state index >= 15 is 0 Å². The van der Waals surface area contributed by atoms with Crippen LogP contribution in [-0.2, 0) is 11.3 Å². The minimum absolute atomic E-state index is 0.167. The predicted molar refractivity (Wildman–Crippen MR) is 64.8 cm³/mol. The summed E-state index contributed by atoms with van der Waals surface area (Å²) >= 11 is 1.82. The summed E-state index contributed by atoms with van der Waals surface area (Å²) in [5.41, 5.74) is 1.36. The van der Waals surface area contributed by atoms with Gasteiger partial charge in [-0.2, -0.15) is 0 Å². The van der Waals surface area contributed by atoms with Gasteiger partial charge in [0.25, 0.3) is 0 Å². The van der Waals surface area contributed by atoms with Crippen molar-refractivity contribution < 1.29 is 9.90 Å². The molecule has 1 fully saturated rings. The number of likely N-dealkylation sites (tertiary alicyclic amines) is 1. The van der Waals surface area contributed by atoms with Gasteiger partial charge in [-0.25, -0.2) is 0 Å². The van der Waals surface area contributed by atoms with E-state index in [2.05, 4.69) is 24.8 Å². The van der Waals surface area contributed by atoms with Crippen molar-refractivity contribution in [2.75, 3.05) is 13.1 Å². The minimum Gasteiger partial charge on any atom is -0.481 e. The monoisotopic (exact) mass is 239 g/mol. The van der Waals surface area contributed by atoms with E-state index in [9.17, 15) is 4.79 Å². The number of carboxylic acid groups (broad SMARTS) is 1. The summed E-state index contributed by atoms with van der Waals surface area (Å²) in [6.07, 6.45) is 0.789. The van der Waals surface area contributed by atoms with Crippen molar-refractivity contribution in [3.8, 4) is 0 Å². The van der Waals surface area contributed by atoms with Crippen LogP contribution in [0.25, 0.3) is 0 Å². The highest BCUT2D eigenvalue weighted by Gasteiger charge is 2.28.